The highest BCUT2D eigenvalue weighted by molar-refractivity contribution is 5.44. The van der Waals surface area contributed by atoms with Crippen molar-refractivity contribution in [3.63, 3.8) is 0 Å². The topological polar surface area (TPSA) is 98.1 Å². The van der Waals surface area contributed by atoms with Gasteiger partial charge in [-0.15, -0.1) is 0 Å². The second kappa shape index (κ2) is 5.48. The summed E-state index contributed by atoms with van der Waals surface area (Å²) in [6.45, 7) is 0. The Labute approximate surface area is 104 Å². The molecule has 7 nitrogen and oxygen atoms in total. The zero-order chi connectivity index (χ0) is 13.0. The third kappa shape index (κ3) is 2.27. The number of nitrogens with zero attached hydrogens (tertiary/aromatic N) is 2. The molecule has 1 unspecified atom stereocenters. The second-order valence-corrected chi connectivity index (χ2v) is 3.60. The van der Waals surface area contributed by atoms with E-state index in [9.17, 15) is 0 Å². The number of rotatable bonds is 5. The number of aromatic nitrogens is 3. The molecule has 1 aromatic heterocycles. The smallest absolute Gasteiger partial charge is 0.127 e. The Morgan fingerprint density at radius 2 is 2.17 bits per heavy atom. The minimum Gasteiger partial charge on any atom is -0.497 e. The minimum absolute atomic E-state index is 0.301. The molecule has 96 valence electrons. The summed E-state index contributed by atoms with van der Waals surface area (Å²) in [5.41, 5.74) is 4.23. The Balaban J connectivity index is 2.42. The molecular formula is C11H15N5O2. The monoisotopic (exact) mass is 249 g/mol. The molecule has 2 rings (SSSR count). The summed E-state index contributed by atoms with van der Waals surface area (Å²) in [7, 11) is 3.19. The molecular weight excluding hydrogens is 234 g/mol. The number of nitrogens with two attached hydrogens (primary N) is 1. The Morgan fingerprint density at radius 3 is 2.72 bits per heavy atom. The number of benzene rings is 1. The maximum Gasteiger partial charge on any atom is 0.127 e. The van der Waals surface area contributed by atoms with E-state index in [1.54, 1.807) is 26.5 Å². The lowest BCUT2D eigenvalue weighted by Gasteiger charge is -2.17. The Morgan fingerprint density at radius 1 is 1.33 bits per heavy atom. The first-order chi connectivity index (χ1) is 8.80. The second-order valence-electron chi connectivity index (χ2n) is 3.60. The molecule has 7 heteroatoms. The molecule has 1 heterocycles. The van der Waals surface area contributed by atoms with Gasteiger partial charge in [0, 0.05) is 11.6 Å². The summed E-state index contributed by atoms with van der Waals surface area (Å²) in [5.74, 6) is 6.95. The summed E-state index contributed by atoms with van der Waals surface area (Å²) in [4.78, 5) is 0. The first-order valence-corrected chi connectivity index (χ1v) is 5.34. The van der Waals surface area contributed by atoms with Crippen molar-refractivity contribution in [2.75, 3.05) is 14.2 Å². The van der Waals surface area contributed by atoms with Gasteiger partial charge in [0.05, 0.1) is 26.5 Å². The number of hydrogen-bond donors (Lipinski definition) is 3. The van der Waals surface area contributed by atoms with Crippen LogP contribution in [0.15, 0.2) is 24.4 Å². The standard InChI is InChI=1S/C11H15N5O2/c1-17-7-3-4-8(10(5-7)18-2)11(14-12)9-6-13-16-15-9/h3-6,11,14H,12H2,1-2H3,(H,13,15,16). The molecule has 0 aliphatic heterocycles. The van der Waals surface area contributed by atoms with Gasteiger partial charge < -0.3 is 9.47 Å². The molecule has 0 spiro atoms. The molecule has 0 fully saturated rings. The highest BCUT2D eigenvalue weighted by atomic mass is 16.5. The van der Waals surface area contributed by atoms with Crippen LogP contribution in [0.3, 0.4) is 0 Å². The molecule has 0 saturated carbocycles. The molecule has 1 aromatic carbocycles. The number of ether oxygens (including phenoxy) is 2. The lowest BCUT2D eigenvalue weighted by Crippen LogP contribution is -2.29. The van der Waals surface area contributed by atoms with Gasteiger partial charge in [0.25, 0.3) is 0 Å². The number of H-pyrrole nitrogens is 1. The van der Waals surface area contributed by atoms with Crippen LogP contribution in [-0.2, 0) is 0 Å². The average molecular weight is 249 g/mol. The number of nitrogens with one attached hydrogen (secondary N) is 2. The molecule has 0 saturated heterocycles. The minimum atomic E-state index is -0.301. The molecule has 4 N–H and O–H groups in total. The van der Waals surface area contributed by atoms with Crippen LogP contribution in [0.4, 0.5) is 0 Å². The van der Waals surface area contributed by atoms with Crippen LogP contribution in [-0.4, -0.2) is 29.6 Å². The highest BCUT2D eigenvalue weighted by Crippen LogP contribution is 2.31. The van der Waals surface area contributed by atoms with E-state index in [4.69, 9.17) is 15.3 Å². The SMILES string of the molecule is COc1ccc(C(NN)c2cn[nH]n2)c(OC)c1. The Bertz CT molecular complexity index is 500. The van der Waals surface area contributed by atoms with Crippen molar-refractivity contribution >= 4 is 0 Å². The van der Waals surface area contributed by atoms with E-state index in [1.807, 2.05) is 12.1 Å². The quantitative estimate of drug-likeness (QED) is 0.523. The van der Waals surface area contributed by atoms with Gasteiger partial charge in [-0.1, -0.05) is 0 Å². The number of hydrogen-bond acceptors (Lipinski definition) is 6. The molecule has 0 radical (unpaired) electrons. The molecule has 18 heavy (non-hydrogen) atoms. The van der Waals surface area contributed by atoms with E-state index in [1.165, 1.54) is 0 Å². The number of aromatic amines is 1. The molecule has 2 aromatic rings. The fourth-order valence-electron chi connectivity index (χ4n) is 1.74. The molecule has 1 atom stereocenters. The first-order valence-electron chi connectivity index (χ1n) is 5.34. The van der Waals surface area contributed by atoms with Gasteiger partial charge in [-0.05, 0) is 12.1 Å². The van der Waals surface area contributed by atoms with Crippen molar-refractivity contribution in [2.24, 2.45) is 5.84 Å². The summed E-state index contributed by atoms with van der Waals surface area (Å²) >= 11 is 0. The average Bonchev–Trinajstić information content (AvgIpc) is 2.94. The molecule has 0 aliphatic rings. The van der Waals surface area contributed by atoms with Crippen LogP contribution < -0.4 is 20.7 Å². The predicted octanol–water partition coefficient (Wildman–Crippen LogP) is 0.375. The molecule has 0 amide bonds. The van der Waals surface area contributed by atoms with Crippen molar-refractivity contribution in [2.45, 2.75) is 6.04 Å². The van der Waals surface area contributed by atoms with Crippen molar-refractivity contribution in [1.29, 1.82) is 0 Å². The molecule has 0 aliphatic carbocycles. The Kier molecular flexibility index (Phi) is 3.75. The Hall–Kier alpha value is -2.12. The van der Waals surface area contributed by atoms with Crippen molar-refractivity contribution in [3.8, 4) is 11.5 Å². The zero-order valence-electron chi connectivity index (χ0n) is 10.2. The third-order valence-electron chi connectivity index (χ3n) is 2.65. The van der Waals surface area contributed by atoms with E-state index in [-0.39, 0.29) is 6.04 Å². The summed E-state index contributed by atoms with van der Waals surface area (Å²) in [5, 5.41) is 10.3. The lowest BCUT2D eigenvalue weighted by molar-refractivity contribution is 0.387. The summed E-state index contributed by atoms with van der Waals surface area (Å²) < 4.78 is 10.5. The van der Waals surface area contributed by atoms with E-state index < -0.39 is 0 Å². The lowest BCUT2D eigenvalue weighted by atomic mass is 10.0. The molecule has 0 bridgehead atoms. The zero-order valence-corrected chi connectivity index (χ0v) is 10.2. The van der Waals surface area contributed by atoms with Crippen LogP contribution in [0.5, 0.6) is 11.5 Å². The van der Waals surface area contributed by atoms with Gasteiger partial charge in [-0.3, -0.25) is 5.84 Å². The largest absolute Gasteiger partial charge is 0.497 e. The maximum absolute atomic E-state index is 5.57. The van der Waals surface area contributed by atoms with E-state index >= 15 is 0 Å². The van der Waals surface area contributed by atoms with Gasteiger partial charge in [0.15, 0.2) is 0 Å². The van der Waals surface area contributed by atoms with Gasteiger partial charge in [0.1, 0.15) is 17.2 Å². The number of hydrazine groups is 1. The van der Waals surface area contributed by atoms with Crippen LogP contribution in [0.25, 0.3) is 0 Å². The van der Waals surface area contributed by atoms with E-state index in [0.29, 0.717) is 17.2 Å². The van der Waals surface area contributed by atoms with Gasteiger partial charge in [0.2, 0.25) is 0 Å². The highest BCUT2D eigenvalue weighted by Gasteiger charge is 2.19. The third-order valence-corrected chi connectivity index (χ3v) is 2.65. The maximum atomic E-state index is 5.57. The summed E-state index contributed by atoms with van der Waals surface area (Å²) in [6, 6.07) is 5.20. The van der Waals surface area contributed by atoms with Gasteiger partial charge in [-0.25, -0.2) is 5.43 Å². The van der Waals surface area contributed by atoms with Crippen molar-refractivity contribution < 1.29 is 9.47 Å². The number of methoxy groups -OCH3 is 2. The fraction of sp³-hybridized carbons (Fsp3) is 0.273. The van der Waals surface area contributed by atoms with Crippen LogP contribution >= 0.6 is 0 Å². The summed E-state index contributed by atoms with van der Waals surface area (Å²) in [6.07, 6.45) is 1.61. The predicted molar refractivity (Wildman–Crippen MR) is 65.1 cm³/mol. The van der Waals surface area contributed by atoms with Crippen LogP contribution in [0, 0.1) is 0 Å². The van der Waals surface area contributed by atoms with Gasteiger partial charge >= 0.3 is 0 Å². The van der Waals surface area contributed by atoms with Crippen LogP contribution in [0.1, 0.15) is 17.3 Å². The van der Waals surface area contributed by atoms with Gasteiger partial charge in [-0.2, -0.15) is 15.4 Å². The van der Waals surface area contributed by atoms with E-state index in [2.05, 4.69) is 20.8 Å². The van der Waals surface area contributed by atoms with Crippen molar-refractivity contribution in [1.82, 2.24) is 20.8 Å². The normalized spacial score (nSPS) is 12.2. The van der Waals surface area contributed by atoms with E-state index in [0.717, 1.165) is 5.56 Å². The van der Waals surface area contributed by atoms with Crippen molar-refractivity contribution in [3.05, 3.63) is 35.7 Å². The van der Waals surface area contributed by atoms with Crippen LogP contribution in [0.2, 0.25) is 0 Å². The first kappa shape index (κ1) is 12.3. The fourth-order valence-corrected chi connectivity index (χ4v) is 1.74.